The van der Waals surface area contributed by atoms with Crippen LogP contribution in [0.25, 0.3) is 0 Å². The monoisotopic (exact) mass is 631 g/mol. The molecule has 2 unspecified atom stereocenters. The number of Topliss-reactive ketones (excluding diaryl/α,β-unsaturated/α-hetero) is 1. The first-order chi connectivity index (χ1) is 22.0. The number of hydrogen-bond acceptors (Lipinski definition) is 4. The van der Waals surface area contributed by atoms with Crippen LogP contribution in [0.15, 0.2) is 48.6 Å². The Labute approximate surface area is 279 Å². The molecule has 0 heterocycles. The fourth-order valence-electron chi connectivity index (χ4n) is 5.73. The molecule has 0 bridgehead atoms. The lowest BCUT2D eigenvalue weighted by atomic mass is 9.84. The Morgan fingerprint density at radius 3 is 1.31 bits per heavy atom. The number of rotatable bonds is 34. The van der Waals surface area contributed by atoms with Gasteiger partial charge in [0.1, 0.15) is 6.10 Å². The lowest BCUT2D eigenvalue weighted by Gasteiger charge is -2.30. The van der Waals surface area contributed by atoms with Gasteiger partial charge in [-0.1, -0.05) is 165 Å². The number of carbonyl (C=O) groups is 1. The van der Waals surface area contributed by atoms with Crippen molar-refractivity contribution < 1.29 is 20.1 Å². The molecule has 3 N–H and O–H groups in total. The first-order valence-corrected chi connectivity index (χ1v) is 19.2. The predicted molar refractivity (Wildman–Crippen MR) is 196 cm³/mol. The van der Waals surface area contributed by atoms with E-state index in [1.807, 2.05) is 0 Å². The molecule has 45 heavy (non-hydrogen) atoms. The van der Waals surface area contributed by atoms with Crippen molar-refractivity contribution in [3.63, 3.8) is 0 Å². The zero-order chi connectivity index (χ0) is 33.1. The molecular formula is C41H74O4. The van der Waals surface area contributed by atoms with Gasteiger partial charge in [0.2, 0.25) is 0 Å². The van der Waals surface area contributed by atoms with Crippen molar-refractivity contribution in [2.45, 2.75) is 199 Å². The van der Waals surface area contributed by atoms with E-state index in [1.165, 1.54) is 103 Å². The van der Waals surface area contributed by atoms with Crippen molar-refractivity contribution in [3.8, 4) is 0 Å². The van der Waals surface area contributed by atoms with Crippen molar-refractivity contribution in [1.82, 2.24) is 0 Å². The van der Waals surface area contributed by atoms with E-state index in [0.29, 0.717) is 6.42 Å². The van der Waals surface area contributed by atoms with Crippen LogP contribution in [-0.4, -0.2) is 39.4 Å². The molecule has 0 radical (unpaired) electrons. The molecule has 0 saturated carbocycles. The molecule has 0 aromatic rings. The first kappa shape index (κ1) is 43.5. The minimum atomic E-state index is -1.84. The van der Waals surface area contributed by atoms with Crippen LogP contribution < -0.4 is 0 Å². The fraction of sp³-hybridized carbons (Fsp3) is 0.780. The predicted octanol–water partition coefficient (Wildman–Crippen LogP) is 11.4. The Morgan fingerprint density at radius 2 is 0.889 bits per heavy atom. The van der Waals surface area contributed by atoms with Crippen LogP contribution in [0.2, 0.25) is 0 Å². The van der Waals surface area contributed by atoms with E-state index >= 15 is 0 Å². The van der Waals surface area contributed by atoms with Gasteiger partial charge in [-0.3, -0.25) is 4.79 Å². The van der Waals surface area contributed by atoms with Gasteiger partial charge in [-0.2, -0.15) is 0 Å². The Bertz CT molecular complexity index is 753. The van der Waals surface area contributed by atoms with E-state index in [9.17, 15) is 20.1 Å². The molecule has 0 fully saturated rings. The second kappa shape index (κ2) is 33.9. The smallest absolute Gasteiger partial charge is 0.167 e. The molecule has 0 amide bonds. The summed E-state index contributed by atoms with van der Waals surface area (Å²) in [5.41, 5.74) is -1.84. The summed E-state index contributed by atoms with van der Waals surface area (Å²) in [4.78, 5) is 12.9. The molecule has 262 valence electrons. The molecule has 0 aromatic heterocycles. The number of aliphatic hydroxyl groups is 3. The summed E-state index contributed by atoms with van der Waals surface area (Å²) in [7, 11) is 0. The normalized spacial score (nSPS) is 14.4. The fourth-order valence-corrected chi connectivity index (χ4v) is 5.73. The minimum Gasteiger partial charge on any atom is -0.394 e. The third-order valence-electron chi connectivity index (χ3n) is 8.85. The molecule has 4 nitrogen and oxygen atoms in total. The van der Waals surface area contributed by atoms with Gasteiger partial charge < -0.3 is 15.3 Å². The third kappa shape index (κ3) is 27.3. The van der Waals surface area contributed by atoms with E-state index in [0.717, 1.165) is 51.4 Å². The zero-order valence-corrected chi connectivity index (χ0v) is 29.7. The summed E-state index contributed by atoms with van der Waals surface area (Å²) in [5.74, 6) is -0.323. The van der Waals surface area contributed by atoms with Gasteiger partial charge in [-0.15, -0.1) is 0 Å². The van der Waals surface area contributed by atoms with Crippen LogP contribution in [-0.2, 0) is 4.79 Å². The van der Waals surface area contributed by atoms with E-state index in [-0.39, 0.29) is 18.6 Å². The number of aliphatic hydroxyl groups excluding tert-OH is 2. The topological polar surface area (TPSA) is 77.8 Å². The van der Waals surface area contributed by atoms with Crippen molar-refractivity contribution in [1.29, 1.82) is 0 Å². The van der Waals surface area contributed by atoms with Crippen LogP contribution in [0, 0.1) is 0 Å². The molecule has 0 rings (SSSR count). The lowest BCUT2D eigenvalue weighted by Crippen LogP contribution is -2.51. The molecule has 0 aromatic carbocycles. The molecule has 0 aliphatic carbocycles. The maximum atomic E-state index is 12.9. The lowest BCUT2D eigenvalue weighted by molar-refractivity contribution is -0.156. The number of carbonyl (C=O) groups excluding carboxylic acids is 1. The van der Waals surface area contributed by atoms with Crippen LogP contribution in [0.1, 0.15) is 187 Å². The van der Waals surface area contributed by atoms with Gasteiger partial charge in [-0.05, 0) is 64.2 Å². The average Bonchev–Trinajstić information content (AvgIpc) is 3.05. The maximum Gasteiger partial charge on any atom is 0.167 e. The van der Waals surface area contributed by atoms with Gasteiger partial charge >= 0.3 is 0 Å². The molecule has 0 saturated heterocycles. The molecule has 0 aliphatic heterocycles. The van der Waals surface area contributed by atoms with Crippen molar-refractivity contribution in [2.24, 2.45) is 0 Å². The van der Waals surface area contributed by atoms with Crippen molar-refractivity contribution >= 4 is 5.78 Å². The highest BCUT2D eigenvalue weighted by atomic mass is 16.4. The van der Waals surface area contributed by atoms with Crippen LogP contribution in [0.5, 0.6) is 0 Å². The molecular weight excluding hydrogens is 556 g/mol. The van der Waals surface area contributed by atoms with Crippen LogP contribution in [0.4, 0.5) is 0 Å². The van der Waals surface area contributed by atoms with Crippen LogP contribution >= 0.6 is 0 Å². The summed E-state index contributed by atoms with van der Waals surface area (Å²) in [6, 6.07) is 0. The van der Waals surface area contributed by atoms with Gasteiger partial charge in [0.05, 0.1) is 6.61 Å². The van der Waals surface area contributed by atoms with Gasteiger partial charge in [0.15, 0.2) is 11.4 Å². The highest BCUT2D eigenvalue weighted by Crippen LogP contribution is 2.24. The summed E-state index contributed by atoms with van der Waals surface area (Å²) in [6.07, 6.45) is 45.9. The summed E-state index contributed by atoms with van der Waals surface area (Å²) < 4.78 is 0. The molecule has 0 spiro atoms. The van der Waals surface area contributed by atoms with E-state index < -0.39 is 18.3 Å². The van der Waals surface area contributed by atoms with Crippen molar-refractivity contribution in [2.75, 3.05) is 6.61 Å². The second-order valence-electron chi connectivity index (χ2n) is 13.1. The van der Waals surface area contributed by atoms with Gasteiger partial charge in [0, 0.05) is 6.42 Å². The highest BCUT2D eigenvalue weighted by Gasteiger charge is 2.41. The SMILES string of the molecule is CCCCCC=CCC=CCC=CCC=CCCCCC(O)(C(=O)CCCCCCCCCCCCCCCCC)C(O)CO. The number of allylic oxidation sites excluding steroid dienone is 8. The Balaban J connectivity index is 3.95. The third-order valence-corrected chi connectivity index (χ3v) is 8.85. The summed E-state index contributed by atoms with van der Waals surface area (Å²) >= 11 is 0. The van der Waals surface area contributed by atoms with Gasteiger partial charge in [0.25, 0.3) is 0 Å². The number of ketones is 1. The molecule has 0 aliphatic rings. The Kier molecular flexibility index (Phi) is 32.7. The standard InChI is InChI=1S/C41H74O4/c1-3-5-7-9-11-13-15-17-19-20-21-23-25-27-29-31-33-35-37-41(45,40(44)38-42)39(43)36-34-32-30-28-26-24-22-18-16-14-12-10-8-6-4-2/h11,13,17,19,21,23,27,29,40,42,44-45H,3-10,12,14-16,18,20,22,24-26,28,30-38H2,1-2H3. The zero-order valence-electron chi connectivity index (χ0n) is 29.7. The van der Waals surface area contributed by atoms with E-state index in [2.05, 4.69) is 62.5 Å². The van der Waals surface area contributed by atoms with Crippen LogP contribution in [0.3, 0.4) is 0 Å². The molecule has 2 atom stereocenters. The summed E-state index contributed by atoms with van der Waals surface area (Å²) in [5, 5.41) is 30.8. The maximum absolute atomic E-state index is 12.9. The number of hydrogen-bond donors (Lipinski definition) is 3. The quantitative estimate of drug-likeness (QED) is 0.0488. The van der Waals surface area contributed by atoms with Gasteiger partial charge in [-0.25, -0.2) is 0 Å². The number of unbranched alkanes of at least 4 members (excludes halogenated alkanes) is 19. The largest absolute Gasteiger partial charge is 0.394 e. The van der Waals surface area contributed by atoms with Crippen molar-refractivity contribution in [3.05, 3.63) is 48.6 Å². The first-order valence-electron chi connectivity index (χ1n) is 19.2. The minimum absolute atomic E-state index is 0.195. The summed E-state index contributed by atoms with van der Waals surface area (Å²) in [6.45, 7) is 3.90. The van der Waals surface area contributed by atoms with E-state index in [4.69, 9.17) is 0 Å². The highest BCUT2D eigenvalue weighted by molar-refractivity contribution is 5.87. The van der Waals surface area contributed by atoms with E-state index in [1.54, 1.807) is 0 Å². The molecule has 4 heteroatoms. The second-order valence-corrected chi connectivity index (χ2v) is 13.1. The average molecular weight is 631 g/mol. The Morgan fingerprint density at radius 1 is 0.533 bits per heavy atom. The Hall–Kier alpha value is -1.49.